The van der Waals surface area contributed by atoms with Gasteiger partial charge in [0, 0.05) is 25.7 Å². The Morgan fingerprint density at radius 1 is 1.26 bits per heavy atom. The van der Waals surface area contributed by atoms with Crippen LogP contribution in [-0.4, -0.2) is 38.2 Å². The Hall–Kier alpha value is -1.06. The van der Waals surface area contributed by atoms with Crippen LogP contribution in [0.5, 0.6) is 5.75 Å². The first-order valence-electron chi connectivity index (χ1n) is 7.47. The van der Waals surface area contributed by atoms with Gasteiger partial charge in [0.2, 0.25) is 0 Å². The molecule has 0 radical (unpaired) electrons. The molecule has 3 heteroatoms. The minimum atomic E-state index is 0.593. The van der Waals surface area contributed by atoms with Crippen molar-refractivity contribution in [3.8, 4) is 5.75 Å². The quantitative estimate of drug-likeness (QED) is 0.900. The first kappa shape index (κ1) is 12.9. The van der Waals surface area contributed by atoms with E-state index in [1.54, 1.807) is 7.11 Å². The first-order chi connectivity index (χ1) is 9.38. The zero-order valence-corrected chi connectivity index (χ0v) is 11.8. The number of nitrogens with zero attached hydrogens (tertiary/aromatic N) is 1. The van der Waals surface area contributed by atoms with Gasteiger partial charge in [0.05, 0.1) is 7.11 Å². The van der Waals surface area contributed by atoms with Gasteiger partial charge in [0.1, 0.15) is 5.75 Å². The summed E-state index contributed by atoms with van der Waals surface area (Å²) in [5.41, 5.74) is 1.43. The summed E-state index contributed by atoms with van der Waals surface area (Å²) in [6.45, 7) is 4.66. The van der Waals surface area contributed by atoms with Crippen molar-refractivity contribution in [2.75, 3.05) is 33.3 Å². The molecule has 1 aliphatic heterocycles. The third-order valence-corrected chi connectivity index (χ3v) is 4.27. The Morgan fingerprint density at radius 3 is 2.95 bits per heavy atom. The van der Waals surface area contributed by atoms with E-state index >= 15 is 0 Å². The van der Waals surface area contributed by atoms with Crippen molar-refractivity contribution in [1.82, 2.24) is 10.2 Å². The minimum Gasteiger partial charge on any atom is -0.497 e. The van der Waals surface area contributed by atoms with Gasteiger partial charge in [0.25, 0.3) is 0 Å². The zero-order chi connectivity index (χ0) is 13.1. The second-order valence-electron chi connectivity index (χ2n) is 5.70. The lowest BCUT2D eigenvalue weighted by Crippen LogP contribution is -2.33. The number of nitrogens with one attached hydrogen (secondary N) is 1. The van der Waals surface area contributed by atoms with Crippen LogP contribution >= 0.6 is 0 Å². The average molecular weight is 260 g/mol. The van der Waals surface area contributed by atoms with Gasteiger partial charge >= 0.3 is 0 Å². The van der Waals surface area contributed by atoms with Crippen molar-refractivity contribution < 1.29 is 4.74 Å². The third-order valence-electron chi connectivity index (χ3n) is 4.27. The predicted molar refractivity (Wildman–Crippen MR) is 77.5 cm³/mol. The van der Waals surface area contributed by atoms with E-state index < -0.39 is 0 Å². The largest absolute Gasteiger partial charge is 0.497 e. The van der Waals surface area contributed by atoms with Gasteiger partial charge in [-0.3, -0.25) is 4.90 Å². The van der Waals surface area contributed by atoms with Crippen molar-refractivity contribution in [2.45, 2.75) is 25.3 Å². The van der Waals surface area contributed by atoms with E-state index in [1.807, 2.05) is 6.07 Å². The van der Waals surface area contributed by atoms with Crippen LogP contribution in [-0.2, 0) is 0 Å². The Kier molecular flexibility index (Phi) is 4.04. The van der Waals surface area contributed by atoms with Crippen LogP contribution in [0.15, 0.2) is 24.3 Å². The van der Waals surface area contributed by atoms with E-state index in [2.05, 4.69) is 28.4 Å². The molecule has 104 valence electrons. The summed E-state index contributed by atoms with van der Waals surface area (Å²) in [6.07, 6.45) is 4.02. The summed E-state index contributed by atoms with van der Waals surface area (Å²) in [5, 5.41) is 3.50. The fourth-order valence-corrected chi connectivity index (χ4v) is 3.16. The van der Waals surface area contributed by atoms with E-state index in [-0.39, 0.29) is 0 Å². The summed E-state index contributed by atoms with van der Waals surface area (Å²) in [6, 6.07) is 9.25. The topological polar surface area (TPSA) is 24.5 Å². The van der Waals surface area contributed by atoms with Crippen LogP contribution in [0.1, 0.15) is 30.9 Å². The van der Waals surface area contributed by atoms with Gasteiger partial charge < -0.3 is 10.1 Å². The van der Waals surface area contributed by atoms with Crippen molar-refractivity contribution in [1.29, 1.82) is 0 Å². The van der Waals surface area contributed by atoms with Gasteiger partial charge in [-0.25, -0.2) is 0 Å². The second kappa shape index (κ2) is 5.93. The van der Waals surface area contributed by atoms with E-state index in [1.165, 1.54) is 37.9 Å². The van der Waals surface area contributed by atoms with Gasteiger partial charge in [-0.05, 0) is 49.4 Å². The summed E-state index contributed by atoms with van der Waals surface area (Å²) in [7, 11) is 1.75. The highest BCUT2D eigenvalue weighted by Gasteiger charge is 2.36. The van der Waals surface area contributed by atoms with Crippen LogP contribution in [0.25, 0.3) is 0 Å². The van der Waals surface area contributed by atoms with Crippen LogP contribution in [0.2, 0.25) is 0 Å². The summed E-state index contributed by atoms with van der Waals surface area (Å²) < 4.78 is 5.39. The Bertz CT molecular complexity index is 409. The van der Waals surface area contributed by atoms with Crippen LogP contribution < -0.4 is 10.1 Å². The lowest BCUT2D eigenvalue weighted by Gasteiger charge is -2.31. The highest BCUT2D eigenvalue weighted by molar-refractivity contribution is 5.31. The van der Waals surface area contributed by atoms with Crippen LogP contribution in [0.4, 0.5) is 0 Å². The van der Waals surface area contributed by atoms with Gasteiger partial charge in [-0.15, -0.1) is 0 Å². The third kappa shape index (κ3) is 3.10. The first-order valence-corrected chi connectivity index (χ1v) is 7.47. The Morgan fingerprint density at radius 2 is 2.16 bits per heavy atom. The fraction of sp³-hybridized carbons (Fsp3) is 0.625. The fourth-order valence-electron chi connectivity index (χ4n) is 3.16. The molecule has 1 atom stereocenters. The van der Waals surface area contributed by atoms with Crippen LogP contribution in [0, 0.1) is 5.92 Å². The summed E-state index contributed by atoms with van der Waals surface area (Å²) >= 11 is 0. The number of methoxy groups -OCH3 is 1. The van der Waals surface area contributed by atoms with Gasteiger partial charge in [-0.2, -0.15) is 0 Å². The molecule has 1 saturated heterocycles. The lowest BCUT2D eigenvalue weighted by molar-refractivity contribution is 0.189. The number of hydrogen-bond donors (Lipinski definition) is 1. The maximum Gasteiger partial charge on any atom is 0.119 e. The predicted octanol–water partition coefficient (Wildman–Crippen LogP) is 2.44. The monoisotopic (exact) mass is 260 g/mol. The van der Waals surface area contributed by atoms with E-state index in [0.29, 0.717) is 6.04 Å². The highest BCUT2D eigenvalue weighted by atomic mass is 16.5. The van der Waals surface area contributed by atoms with Crippen LogP contribution in [0.3, 0.4) is 0 Å². The second-order valence-corrected chi connectivity index (χ2v) is 5.70. The Labute approximate surface area is 115 Å². The Balaban J connectivity index is 1.82. The molecule has 1 heterocycles. The normalized spacial score (nSPS) is 22.8. The van der Waals surface area contributed by atoms with E-state index in [9.17, 15) is 0 Å². The van der Waals surface area contributed by atoms with Gasteiger partial charge in [0.15, 0.2) is 0 Å². The average Bonchev–Trinajstić information content (AvgIpc) is 3.27. The molecule has 1 aromatic carbocycles. The molecule has 1 N–H and O–H groups in total. The molecule has 1 aromatic rings. The number of hydrogen-bond acceptors (Lipinski definition) is 3. The smallest absolute Gasteiger partial charge is 0.119 e. The summed E-state index contributed by atoms with van der Waals surface area (Å²) in [5.74, 6) is 1.83. The molecule has 3 nitrogen and oxygen atoms in total. The molecule has 19 heavy (non-hydrogen) atoms. The van der Waals surface area contributed by atoms with Crippen molar-refractivity contribution in [2.24, 2.45) is 5.92 Å². The molecule has 1 unspecified atom stereocenters. The van der Waals surface area contributed by atoms with Crippen molar-refractivity contribution in [3.63, 3.8) is 0 Å². The zero-order valence-electron chi connectivity index (χ0n) is 11.8. The van der Waals surface area contributed by atoms with Gasteiger partial charge in [-0.1, -0.05) is 12.1 Å². The van der Waals surface area contributed by atoms with Crippen molar-refractivity contribution in [3.05, 3.63) is 29.8 Å². The molecule has 0 spiro atoms. The molecular weight excluding hydrogens is 236 g/mol. The molecule has 2 fully saturated rings. The van der Waals surface area contributed by atoms with Crippen molar-refractivity contribution >= 4 is 0 Å². The molecule has 1 saturated carbocycles. The molecule has 0 aromatic heterocycles. The number of benzene rings is 1. The standard InChI is InChI=1S/C16H24N2O/c1-19-15-5-2-4-14(12-15)16(13-6-7-13)18-10-3-8-17-9-11-18/h2,4-5,12-13,16-17H,3,6-11H2,1H3. The molecule has 1 aliphatic carbocycles. The minimum absolute atomic E-state index is 0.593. The number of rotatable bonds is 4. The van der Waals surface area contributed by atoms with E-state index in [4.69, 9.17) is 4.74 Å². The SMILES string of the molecule is COc1cccc(C(C2CC2)N2CCCNCC2)c1. The lowest BCUT2D eigenvalue weighted by atomic mass is 10.00. The van der Waals surface area contributed by atoms with E-state index in [0.717, 1.165) is 24.8 Å². The maximum atomic E-state index is 5.39. The molecular formula is C16H24N2O. The maximum absolute atomic E-state index is 5.39. The molecule has 0 bridgehead atoms. The molecule has 0 amide bonds. The number of ether oxygens (including phenoxy) is 1. The molecule has 2 aliphatic rings. The highest BCUT2D eigenvalue weighted by Crippen LogP contribution is 2.45. The summed E-state index contributed by atoms with van der Waals surface area (Å²) in [4.78, 5) is 2.67. The molecule has 3 rings (SSSR count).